The van der Waals surface area contributed by atoms with Crippen LogP contribution in [0.2, 0.25) is 0 Å². The molecule has 0 fully saturated rings. The van der Waals surface area contributed by atoms with E-state index in [1.807, 2.05) is 0 Å². The van der Waals surface area contributed by atoms with Gasteiger partial charge in [0.05, 0.1) is 6.61 Å². The van der Waals surface area contributed by atoms with Gasteiger partial charge in [0, 0.05) is 0 Å². The number of hydrogen-bond donors (Lipinski definition) is 2. The molecule has 332 valence electrons. The third-order valence-corrected chi connectivity index (χ3v) is 13.0. The lowest BCUT2D eigenvalue weighted by atomic mass is 9.89. The van der Waals surface area contributed by atoms with Crippen molar-refractivity contribution in [2.24, 2.45) is 5.92 Å². The molecule has 0 atom stereocenters. The first kappa shape index (κ1) is 55.1. The van der Waals surface area contributed by atoms with Crippen LogP contribution in [0.4, 0.5) is 0 Å². The van der Waals surface area contributed by atoms with E-state index in [9.17, 15) is 4.57 Å². The average molecular weight is 799 g/mol. The lowest BCUT2D eigenvalue weighted by molar-refractivity contribution is 0.193. The maximum Gasteiger partial charge on any atom is 0.469 e. The molecule has 4 nitrogen and oxygen atoms in total. The minimum absolute atomic E-state index is 0.171. The summed E-state index contributed by atoms with van der Waals surface area (Å²) in [6.07, 6.45) is 65.0. The molecule has 0 rings (SSSR count). The van der Waals surface area contributed by atoms with E-state index in [-0.39, 0.29) is 6.61 Å². The molecule has 2 N–H and O–H groups in total. The fourth-order valence-corrected chi connectivity index (χ4v) is 9.07. The summed E-state index contributed by atoms with van der Waals surface area (Å²) >= 11 is 0. The standard InChI is InChI=1S/C50H103O4P/c1-3-5-7-9-11-13-15-17-22-26-30-34-38-42-46-50(47-43-39-35-31-27-23-18-16-14-12-10-8-6-4-2)48-44-40-36-32-28-24-20-19-21-25-29-33-37-41-45-49-54-55(51,52)53/h50H,3-49H2,1-2H3,(H2,51,52,53). The van der Waals surface area contributed by atoms with Crippen LogP contribution in [0.5, 0.6) is 0 Å². The van der Waals surface area contributed by atoms with Gasteiger partial charge in [-0.2, -0.15) is 0 Å². The number of unbranched alkanes of at least 4 members (excludes halogenated alkanes) is 40. The van der Waals surface area contributed by atoms with Gasteiger partial charge in [0.2, 0.25) is 0 Å². The second-order valence-corrected chi connectivity index (χ2v) is 19.3. The van der Waals surface area contributed by atoms with Crippen LogP contribution in [0.3, 0.4) is 0 Å². The maximum atomic E-state index is 10.7. The van der Waals surface area contributed by atoms with Crippen molar-refractivity contribution < 1.29 is 18.9 Å². The van der Waals surface area contributed by atoms with Gasteiger partial charge in [-0.05, 0) is 12.3 Å². The molecule has 0 spiro atoms. The van der Waals surface area contributed by atoms with Gasteiger partial charge in [-0.1, -0.05) is 303 Å². The van der Waals surface area contributed by atoms with Crippen LogP contribution in [0, 0.1) is 5.92 Å². The van der Waals surface area contributed by atoms with Gasteiger partial charge in [-0.15, -0.1) is 0 Å². The molecule has 55 heavy (non-hydrogen) atoms. The maximum absolute atomic E-state index is 10.7. The van der Waals surface area contributed by atoms with Crippen molar-refractivity contribution in [3.63, 3.8) is 0 Å². The van der Waals surface area contributed by atoms with Gasteiger partial charge in [0.1, 0.15) is 0 Å². The van der Waals surface area contributed by atoms with E-state index in [2.05, 4.69) is 18.4 Å². The Morgan fingerprint density at radius 1 is 0.309 bits per heavy atom. The van der Waals surface area contributed by atoms with Gasteiger partial charge in [0.15, 0.2) is 0 Å². The molecule has 0 aromatic carbocycles. The lowest BCUT2D eigenvalue weighted by Gasteiger charge is -2.17. The van der Waals surface area contributed by atoms with Crippen molar-refractivity contribution >= 4 is 7.82 Å². The number of phosphoric acid groups is 1. The summed E-state index contributed by atoms with van der Waals surface area (Å²) < 4.78 is 15.2. The number of phosphoric ester groups is 1. The van der Waals surface area contributed by atoms with Crippen LogP contribution < -0.4 is 0 Å². The molecular weight excluding hydrogens is 696 g/mol. The fourth-order valence-electron chi connectivity index (χ4n) is 8.70. The topological polar surface area (TPSA) is 66.8 Å². The van der Waals surface area contributed by atoms with E-state index in [0.29, 0.717) is 0 Å². The zero-order valence-electron chi connectivity index (χ0n) is 38.0. The SMILES string of the molecule is CCCCCCCCCCCCCCCCC(CCCCCCCCCCCCCCCC)CCCCCCCCCCCCCCCCCOP(=O)(O)O. The monoisotopic (exact) mass is 799 g/mol. The van der Waals surface area contributed by atoms with E-state index in [1.165, 1.54) is 276 Å². The van der Waals surface area contributed by atoms with Crippen LogP contribution in [0.25, 0.3) is 0 Å². The van der Waals surface area contributed by atoms with Crippen molar-refractivity contribution in [2.45, 2.75) is 309 Å². The summed E-state index contributed by atoms with van der Waals surface area (Å²) in [5.74, 6) is 0.997. The summed E-state index contributed by atoms with van der Waals surface area (Å²) in [4.78, 5) is 17.4. The highest BCUT2D eigenvalue weighted by atomic mass is 31.2. The van der Waals surface area contributed by atoms with Gasteiger partial charge in [-0.3, -0.25) is 4.52 Å². The predicted molar refractivity (Wildman–Crippen MR) is 245 cm³/mol. The van der Waals surface area contributed by atoms with Crippen LogP contribution in [0.1, 0.15) is 309 Å². The molecule has 0 radical (unpaired) electrons. The molecule has 0 aliphatic carbocycles. The molecule has 0 saturated heterocycles. The first-order chi connectivity index (χ1) is 27.0. The number of rotatable bonds is 49. The van der Waals surface area contributed by atoms with Crippen LogP contribution in [-0.2, 0) is 9.09 Å². The first-order valence-electron chi connectivity index (χ1n) is 25.7. The van der Waals surface area contributed by atoms with E-state index in [1.54, 1.807) is 0 Å². The normalized spacial score (nSPS) is 12.1. The minimum Gasteiger partial charge on any atom is -0.303 e. The Labute approximate surface area is 347 Å². The van der Waals surface area contributed by atoms with Crippen LogP contribution >= 0.6 is 7.82 Å². The van der Waals surface area contributed by atoms with E-state index >= 15 is 0 Å². The molecule has 0 aromatic rings. The van der Waals surface area contributed by atoms with Crippen molar-refractivity contribution in [3.8, 4) is 0 Å². The Bertz CT molecular complexity index is 707. The molecule has 0 amide bonds. The van der Waals surface area contributed by atoms with Crippen LogP contribution in [0.15, 0.2) is 0 Å². The van der Waals surface area contributed by atoms with Crippen molar-refractivity contribution in [1.82, 2.24) is 0 Å². The zero-order chi connectivity index (χ0) is 40.0. The quantitative estimate of drug-likeness (QED) is 0.0475. The molecule has 0 unspecified atom stereocenters. The average Bonchev–Trinajstić information content (AvgIpc) is 3.16. The predicted octanol–water partition coefficient (Wildman–Crippen LogP) is 18.7. The largest absolute Gasteiger partial charge is 0.469 e. The van der Waals surface area contributed by atoms with E-state index in [0.717, 1.165) is 25.2 Å². The molecule has 0 aliphatic heterocycles. The van der Waals surface area contributed by atoms with Crippen LogP contribution in [-0.4, -0.2) is 16.4 Å². The summed E-state index contributed by atoms with van der Waals surface area (Å²) in [7, 11) is -4.28. The van der Waals surface area contributed by atoms with Gasteiger partial charge in [0.25, 0.3) is 0 Å². The molecule has 0 heterocycles. The van der Waals surface area contributed by atoms with Gasteiger partial charge in [-0.25, -0.2) is 4.57 Å². The van der Waals surface area contributed by atoms with Gasteiger partial charge >= 0.3 is 7.82 Å². The summed E-state index contributed by atoms with van der Waals surface area (Å²) in [6, 6.07) is 0. The van der Waals surface area contributed by atoms with E-state index < -0.39 is 7.82 Å². The molecule has 0 aliphatic rings. The van der Waals surface area contributed by atoms with Crippen molar-refractivity contribution in [1.29, 1.82) is 0 Å². The summed E-state index contributed by atoms with van der Waals surface area (Å²) in [6.45, 7) is 4.79. The Balaban J connectivity index is 3.93. The summed E-state index contributed by atoms with van der Waals surface area (Å²) in [5, 5.41) is 0. The molecular formula is C50H103O4P. The molecule has 0 aromatic heterocycles. The second-order valence-electron chi connectivity index (χ2n) is 18.1. The van der Waals surface area contributed by atoms with E-state index in [4.69, 9.17) is 9.79 Å². The fraction of sp³-hybridized carbons (Fsp3) is 1.00. The van der Waals surface area contributed by atoms with Crippen molar-refractivity contribution in [2.75, 3.05) is 6.61 Å². The highest BCUT2D eigenvalue weighted by Gasteiger charge is 2.12. The Morgan fingerprint density at radius 3 is 0.691 bits per heavy atom. The molecule has 0 bridgehead atoms. The first-order valence-corrected chi connectivity index (χ1v) is 27.2. The minimum atomic E-state index is -4.28. The zero-order valence-corrected chi connectivity index (χ0v) is 38.9. The second kappa shape index (κ2) is 46.8. The smallest absolute Gasteiger partial charge is 0.303 e. The highest BCUT2D eigenvalue weighted by Crippen LogP contribution is 2.35. The summed E-state index contributed by atoms with van der Waals surface area (Å²) in [5.41, 5.74) is 0. The molecule has 0 saturated carbocycles. The Hall–Kier alpha value is 0.110. The van der Waals surface area contributed by atoms with Gasteiger partial charge < -0.3 is 9.79 Å². The molecule has 5 heteroatoms. The Kier molecular flexibility index (Phi) is 46.9. The lowest BCUT2D eigenvalue weighted by Crippen LogP contribution is -2.01. The number of hydrogen-bond acceptors (Lipinski definition) is 2. The third kappa shape index (κ3) is 50.2. The Morgan fingerprint density at radius 2 is 0.491 bits per heavy atom. The van der Waals surface area contributed by atoms with Crippen molar-refractivity contribution in [3.05, 3.63) is 0 Å². The third-order valence-electron chi connectivity index (χ3n) is 12.4. The highest BCUT2D eigenvalue weighted by molar-refractivity contribution is 7.46.